The minimum Gasteiger partial charge on any atom is -0.549 e. The van der Waals surface area contributed by atoms with Crippen LogP contribution in [0.1, 0.15) is 24.0 Å². The van der Waals surface area contributed by atoms with Crippen molar-refractivity contribution in [2.45, 2.75) is 30.6 Å². The molecular formula is C12H14NO4S-. The van der Waals surface area contributed by atoms with Gasteiger partial charge in [-0.25, -0.2) is 13.1 Å². The van der Waals surface area contributed by atoms with Crippen molar-refractivity contribution in [3.8, 4) is 0 Å². The van der Waals surface area contributed by atoms with Gasteiger partial charge >= 0.3 is 0 Å². The second kappa shape index (κ2) is 5.07. The quantitative estimate of drug-likeness (QED) is 0.804. The number of carboxylic acid groups (broad SMARTS) is 1. The van der Waals surface area contributed by atoms with Gasteiger partial charge in [0.15, 0.2) is 0 Å². The molecule has 0 saturated carbocycles. The molecule has 0 heterocycles. The van der Waals surface area contributed by atoms with E-state index in [0.29, 0.717) is 0 Å². The van der Waals surface area contributed by atoms with Crippen LogP contribution >= 0.6 is 0 Å². The molecule has 0 spiro atoms. The first kappa shape index (κ1) is 13.0. The summed E-state index contributed by atoms with van der Waals surface area (Å²) >= 11 is 0. The highest BCUT2D eigenvalue weighted by Gasteiger charge is 2.17. The number of rotatable bonds is 4. The molecule has 0 aromatic heterocycles. The molecule has 98 valence electrons. The van der Waals surface area contributed by atoms with Crippen LogP contribution in [0.15, 0.2) is 23.1 Å². The fourth-order valence-corrected chi connectivity index (χ4v) is 3.13. The molecule has 6 heteroatoms. The Morgan fingerprint density at radius 2 is 1.89 bits per heavy atom. The van der Waals surface area contributed by atoms with Gasteiger partial charge in [-0.2, -0.15) is 0 Å². The zero-order chi connectivity index (χ0) is 13.2. The molecule has 1 aliphatic rings. The van der Waals surface area contributed by atoms with Crippen LogP contribution in [-0.4, -0.2) is 20.9 Å². The average molecular weight is 268 g/mol. The highest BCUT2D eigenvalue weighted by atomic mass is 32.2. The van der Waals surface area contributed by atoms with Crippen molar-refractivity contribution in [2.24, 2.45) is 0 Å². The molecule has 1 aromatic rings. The Labute approximate surface area is 106 Å². The second-order valence-corrected chi connectivity index (χ2v) is 6.10. The summed E-state index contributed by atoms with van der Waals surface area (Å²) in [6.45, 7) is -0.709. The SMILES string of the molecule is O=C([O-])CNS(=O)(=O)c1ccc2c(c1)CCCC2. The van der Waals surface area contributed by atoms with Crippen molar-refractivity contribution in [2.75, 3.05) is 6.54 Å². The smallest absolute Gasteiger partial charge is 0.240 e. The molecule has 5 nitrogen and oxygen atoms in total. The molecule has 0 saturated heterocycles. The first-order chi connectivity index (χ1) is 8.49. The molecule has 1 N–H and O–H groups in total. The summed E-state index contributed by atoms with van der Waals surface area (Å²) in [5.41, 5.74) is 2.22. The summed E-state index contributed by atoms with van der Waals surface area (Å²) in [5.74, 6) is -1.45. The summed E-state index contributed by atoms with van der Waals surface area (Å²) in [6.07, 6.45) is 4.03. The van der Waals surface area contributed by atoms with E-state index in [1.54, 1.807) is 6.07 Å². The fourth-order valence-electron chi connectivity index (χ4n) is 2.11. The summed E-state index contributed by atoms with van der Waals surface area (Å²) in [5, 5.41) is 10.3. The van der Waals surface area contributed by atoms with E-state index in [4.69, 9.17) is 0 Å². The standard InChI is InChI=1S/C12H15NO4S/c14-12(15)8-13-18(16,17)11-6-5-9-3-1-2-4-10(9)7-11/h5-7,13H,1-4,8H2,(H,14,15)/p-1. The predicted molar refractivity (Wildman–Crippen MR) is 63.3 cm³/mol. The number of hydrogen-bond donors (Lipinski definition) is 1. The number of carboxylic acids is 1. The maximum atomic E-state index is 11.8. The minimum absolute atomic E-state index is 0.115. The Morgan fingerprint density at radius 1 is 1.22 bits per heavy atom. The van der Waals surface area contributed by atoms with E-state index < -0.39 is 22.5 Å². The number of nitrogens with one attached hydrogen (secondary N) is 1. The van der Waals surface area contributed by atoms with Crippen molar-refractivity contribution < 1.29 is 18.3 Å². The van der Waals surface area contributed by atoms with Crippen LogP contribution in [0, 0.1) is 0 Å². The Bertz CT molecular complexity index is 565. The Morgan fingerprint density at radius 3 is 2.56 bits per heavy atom. The maximum absolute atomic E-state index is 11.8. The van der Waals surface area contributed by atoms with Gasteiger partial charge in [0.05, 0.1) is 17.4 Å². The van der Waals surface area contributed by atoms with Crippen LogP contribution in [0.25, 0.3) is 0 Å². The molecule has 18 heavy (non-hydrogen) atoms. The van der Waals surface area contributed by atoms with E-state index in [-0.39, 0.29) is 4.90 Å². The number of aliphatic carboxylic acids is 1. The first-order valence-electron chi connectivity index (χ1n) is 5.80. The number of fused-ring (bicyclic) bond motifs is 1. The van der Waals surface area contributed by atoms with Crippen molar-refractivity contribution in [3.63, 3.8) is 0 Å². The lowest BCUT2D eigenvalue weighted by Crippen LogP contribution is -2.37. The van der Waals surface area contributed by atoms with Crippen LogP contribution in [0.2, 0.25) is 0 Å². The average Bonchev–Trinajstić information content (AvgIpc) is 2.36. The molecule has 0 atom stereocenters. The lowest BCUT2D eigenvalue weighted by Gasteiger charge is -2.16. The van der Waals surface area contributed by atoms with E-state index in [0.717, 1.165) is 31.2 Å². The molecular weight excluding hydrogens is 254 g/mol. The lowest BCUT2D eigenvalue weighted by molar-refractivity contribution is -0.303. The molecule has 1 aromatic carbocycles. The summed E-state index contributed by atoms with van der Waals surface area (Å²) in [7, 11) is -3.76. The van der Waals surface area contributed by atoms with Crippen LogP contribution in [0.4, 0.5) is 0 Å². The van der Waals surface area contributed by atoms with Gasteiger partial charge in [0.25, 0.3) is 0 Å². The van der Waals surface area contributed by atoms with Crippen molar-refractivity contribution >= 4 is 16.0 Å². The van der Waals surface area contributed by atoms with Crippen molar-refractivity contribution in [3.05, 3.63) is 29.3 Å². The fraction of sp³-hybridized carbons (Fsp3) is 0.417. The molecule has 0 unspecified atom stereocenters. The van der Waals surface area contributed by atoms with Gasteiger partial charge in [-0.1, -0.05) is 6.07 Å². The van der Waals surface area contributed by atoms with E-state index >= 15 is 0 Å². The van der Waals surface area contributed by atoms with Gasteiger partial charge in [-0.15, -0.1) is 0 Å². The van der Waals surface area contributed by atoms with Gasteiger partial charge < -0.3 is 9.90 Å². The van der Waals surface area contributed by atoms with Crippen LogP contribution < -0.4 is 9.83 Å². The Balaban J connectivity index is 2.25. The van der Waals surface area contributed by atoms with Crippen molar-refractivity contribution in [1.29, 1.82) is 0 Å². The number of hydrogen-bond acceptors (Lipinski definition) is 4. The number of benzene rings is 1. The number of sulfonamides is 1. The monoisotopic (exact) mass is 268 g/mol. The van der Waals surface area contributed by atoms with Gasteiger partial charge in [0.1, 0.15) is 0 Å². The van der Waals surface area contributed by atoms with E-state index in [9.17, 15) is 18.3 Å². The molecule has 0 fully saturated rings. The molecule has 0 amide bonds. The third kappa shape index (κ3) is 2.88. The normalized spacial score (nSPS) is 15.1. The largest absolute Gasteiger partial charge is 0.549 e. The van der Waals surface area contributed by atoms with Crippen molar-refractivity contribution in [1.82, 2.24) is 4.72 Å². The number of carbonyl (C=O) groups excluding carboxylic acids is 1. The zero-order valence-corrected chi connectivity index (χ0v) is 10.6. The Kier molecular flexibility index (Phi) is 3.68. The highest BCUT2D eigenvalue weighted by molar-refractivity contribution is 7.89. The zero-order valence-electron chi connectivity index (χ0n) is 9.81. The summed E-state index contributed by atoms with van der Waals surface area (Å²) in [4.78, 5) is 10.4. The van der Waals surface area contributed by atoms with Crippen LogP contribution in [0.3, 0.4) is 0 Å². The van der Waals surface area contributed by atoms with Crippen LogP contribution in [0.5, 0.6) is 0 Å². The van der Waals surface area contributed by atoms with Gasteiger partial charge in [0.2, 0.25) is 10.0 Å². The third-order valence-corrected chi connectivity index (χ3v) is 4.44. The number of aryl methyl sites for hydroxylation is 2. The topological polar surface area (TPSA) is 86.3 Å². The molecule has 0 aliphatic heterocycles. The first-order valence-corrected chi connectivity index (χ1v) is 7.29. The molecule has 0 bridgehead atoms. The predicted octanol–water partition coefficient (Wildman–Crippen LogP) is -0.406. The third-order valence-electron chi connectivity index (χ3n) is 3.04. The molecule has 1 aliphatic carbocycles. The number of carbonyl (C=O) groups is 1. The molecule has 2 rings (SSSR count). The summed E-state index contributed by atoms with van der Waals surface area (Å²) < 4.78 is 25.6. The van der Waals surface area contributed by atoms with E-state index in [1.807, 2.05) is 10.8 Å². The van der Waals surface area contributed by atoms with Crippen LogP contribution in [-0.2, 0) is 27.7 Å². The van der Waals surface area contributed by atoms with Gasteiger partial charge in [-0.05, 0) is 48.9 Å². The van der Waals surface area contributed by atoms with Gasteiger partial charge in [0, 0.05) is 0 Å². The summed E-state index contributed by atoms with van der Waals surface area (Å²) in [6, 6.07) is 4.95. The highest BCUT2D eigenvalue weighted by Crippen LogP contribution is 2.23. The minimum atomic E-state index is -3.76. The molecule has 0 radical (unpaired) electrons. The Hall–Kier alpha value is -1.40. The maximum Gasteiger partial charge on any atom is 0.240 e. The van der Waals surface area contributed by atoms with E-state index in [2.05, 4.69) is 0 Å². The van der Waals surface area contributed by atoms with Gasteiger partial charge in [-0.3, -0.25) is 0 Å². The lowest BCUT2D eigenvalue weighted by atomic mass is 9.92. The van der Waals surface area contributed by atoms with E-state index in [1.165, 1.54) is 11.6 Å². The second-order valence-electron chi connectivity index (χ2n) is 4.33.